The third-order valence-corrected chi connectivity index (χ3v) is 1.61. The summed E-state index contributed by atoms with van der Waals surface area (Å²) in [5, 5.41) is 13.2. The maximum absolute atomic E-state index is 9.10. The van der Waals surface area contributed by atoms with Crippen LogP contribution in [0.3, 0.4) is 0 Å². The monoisotopic (exact) mass is 154 g/mol. The lowest BCUT2D eigenvalue weighted by Gasteiger charge is -2.05. The molecule has 0 unspecified atom stereocenters. The van der Waals surface area contributed by atoms with Gasteiger partial charge in [0, 0.05) is 24.9 Å². The number of nitrogens with zero attached hydrogens (tertiary/aromatic N) is 2. The standard InChI is InChI=1S/C8H14N2O/c1-3-10-8(4-5-9-10)6-7(2)11/h4-5,7,11H,3,6H2,1-2H3/t7-/m1/s1. The van der Waals surface area contributed by atoms with E-state index in [1.807, 2.05) is 17.7 Å². The van der Waals surface area contributed by atoms with Crippen molar-refractivity contribution < 1.29 is 5.11 Å². The molecule has 62 valence electrons. The molecule has 0 aliphatic carbocycles. The number of aryl methyl sites for hydroxylation is 1. The second-order valence-electron chi connectivity index (χ2n) is 2.69. The summed E-state index contributed by atoms with van der Waals surface area (Å²) >= 11 is 0. The van der Waals surface area contributed by atoms with E-state index in [1.165, 1.54) is 0 Å². The second kappa shape index (κ2) is 3.53. The van der Waals surface area contributed by atoms with Crippen LogP contribution in [0.2, 0.25) is 0 Å². The van der Waals surface area contributed by atoms with E-state index in [1.54, 1.807) is 13.1 Å². The summed E-state index contributed by atoms with van der Waals surface area (Å²) in [5.41, 5.74) is 1.10. The molecule has 3 nitrogen and oxygen atoms in total. The van der Waals surface area contributed by atoms with Crippen molar-refractivity contribution in [3.8, 4) is 0 Å². The lowest BCUT2D eigenvalue weighted by molar-refractivity contribution is 0.192. The Kier molecular flexibility index (Phi) is 2.65. The fourth-order valence-corrected chi connectivity index (χ4v) is 1.12. The van der Waals surface area contributed by atoms with Crippen LogP contribution in [0.1, 0.15) is 19.5 Å². The maximum atomic E-state index is 9.10. The van der Waals surface area contributed by atoms with Crippen molar-refractivity contribution in [3.05, 3.63) is 18.0 Å². The molecule has 11 heavy (non-hydrogen) atoms. The van der Waals surface area contributed by atoms with Gasteiger partial charge < -0.3 is 5.11 Å². The Morgan fingerprint density at radius 3 is 3.00 bits per heavy atom. The predicted octanol–water partition coefficient (Wildman–Crippen LogP) is 0.826. The molecule has 0 aliphatic heterocycles. The Hall–Kier alpha value is -0.830. The molecule has 0 amide bonds. The Balaban J connectivity index is 2.68. The van der Waals surface area contributed by atoms with Crippen LogP contribution < -0.4 is 0 Å². The zero-order valence-corrected chi connectivity index (χ0v) is 6.99. The van der Waals surface area contributed by atoms with E-state index in [9.17, 15) is 0 Å². The number of hydrogen-bond acceptors (Lipinski definition) is 2. The van der Waals surface area contributed by atoms with Gasteiger partial charge in [0.15, 0.2) is 0 Å². The second-order valence-corrected chi connectivity index (χ2v) is 2.69. The summed E-state index contributed by atoms with van der Waals surface area (Å²) in [6.07, 6.45) is 2.17. The summed E-state index contributed by atoms with van der Waals surface area (Å²) in [6.45, 7) is 4.70. The van der Waals surface area contributed by atoms with Crippen LogP contribution in [0.4, 0.5) is 0 Å². The molecule has 1 aromatic heterocycles. The molecule has 1 atom stereocenters. The normalized spacial score (nSPS) is 13.4. The minimum absolute atomic E-state index is 0.281. The molecule has 0 saturated heterocycles. The van der Waals surface area contributed by atoms with E-state index in [4.69, 9.17) is 5.11 Å². The molecule has 1 N–H and O–H groups in total. The van der Waals surface area contributed by atoms with E-state index in [-0.39, 0.29) is 6.10 Å². The van der Waals surface area contributed by atoms with E-state index in [0.29, 0.717) is 6.42 Å². The maximum Gasteiger partial charge on any atom is 0.0567 e. The molecule has 0 fully saturated rings. The third-order valence-electron chi connectivity index (χ3n) is 1.61. The minimum Gasteiger partial charge on any atom is -0.393 e. The van der Waals surface area contributed by atoms with Gasteiger partial charge in [-0.1, -0.05) is 0 Å². The average molecular weight is 154 g/mol. The van der Waals surface area contributed by atoms with E-state index in [2.05, 4.69) is 5.10 Å². The Morgan fingerprint density at radius 1 is 1.73 bits per heavy atom. The van der Waals surface area contributed by atoms with Crippen molar-refractivity contribution in [2.75, 3.05) is 0 Å². The third kappa shape index (κ3) is 2.05. The molecule has 0 spiro atoms. The minimum atomic E-state index is -0.281. The van der Waals surface area contributed by atoms with E-state index < -0.39 is 0 Å². The summed E-state index contributed by atoms with van der Waals surface area (Å²) < 4.78 is 1.90. The van der Waals surface area contributed by atoms with Gasteiger partial charge in [-0.25, -0.2) is 0 Å². The number of aliphatic hydroxyl groups excluding tert-OH is 1. The largest absolute Gasteiger partial charge is 0.393 e. The van der Waals surface area contributed by atoms with Crippen molar-refractivity contribution in [1.29, 1.82) is 0 Å². The van der Waals surface area contributed by atoms with Gasteiger partial charge in [-0.05, 0) is 19.9 Å². The molecule has 0 bridgehead atoms. The van der Waals surface area contributed by atoms with Gasteiger partial charge in [0.1, 0.15) is 0 Å². The molecule has 1 aromatic rings. The highest BCUT2D eigenvalue weighted by molar-refractivity contribution is 5.01. The van der Waals surface area contributed by atoms with Crippen molar-refractivity contribution in [3.63, 3.8) is 0 Å². The van der Waals surface area contributed by atoms with Crippen LogP contribution >= 0.6 is 0 Å². The first-order valence-electron chi connectivity index (χ1n) is 3.92. The fraction of sp³-hybridized carbons (Fsp3) is 0.625. The zero-order chi connectivity index (χ0) is 8.27. The molecule has 3 heteroatoms. The highest BCUT2D eigenvalue weighted by Crippen LogP contribution is 2.02. The first-order valence-corrected chi connectivity index (χ1v) is 3.92. The van der Waals surface area contributed by atoms with Gasteiger partial charge in [-0.15, -0.1) is 0 Å². The van der Waals surface area contributed by atoms with Crippen LogP contribution in [-0.2, 0) is 13.0 Å². The summed E-state index contributed by atoms with van der Waals surface area (Å²) in [4.78, 5) is 0. The Bertz CT molecular complexity index is 218. The van der Waals surface area contributed by atoms with Crippen molar-refractivity contribution >= 4 is 0 Å². The highest BCUT2D eigenvalue weighted by Gasteiger charge is 2.03. The first-order chi connectivity index (χ1) is 5.24. The molecule has 1 rings (SSSR count). The highest BCUT2D eigenvalue weighted by atomic mass is 16.3. The SMILES string of the molecule is CCn1nccc1C[C@@H](C)O. The van der Waals surface area contributed by atoms with Gasteiger partial charge in [0.05, 0.1) is 6.10 Å². The fourth-order valence-electron chi connectivity index (χ4n) is 1.12. The molecule has 0 aromatic carbocycles. The lowest BCUT2D eigenvalue weighted by Crippen LogP contribution is -2.10. The van der Waals surface area contributed by atoms with Gasteiger partial charge in [-0.3, -0.25) is 4.68 Å². The number of hydrogen-bond donors (Lipinski definition) is 1. The van der Waals surface area contributed by atoms with E-state index >= 15 is 0 Å². The van der Waals surface area contributed by atoms with Crippen LogP contribution in [0.5, 0.6) is 0 Å². The van der Waals surface area contributed by atoms with Crippen LogP contribution in [0, 0.1) is 0 Å². The Labute approximate surface area is 66.7 Å². The van der Waals surface area contributed by atoms with Crippen molar-refractivity contribution in [2.24, 2.45) is 0 Å². The molecule has 0 aliphatic rings. The van der Waals surface area contributed by atoms with Crippen LogP contribution in [0.15, 0.2) is 12.3 Å². The van der Waals surface area contributed by atoms with Gasteiger partial charge in [0.25, 0.3) is 0 Å². The van der Waals surface area contributed by atoms with Crippen molar-refractivity contribution in [1.82, 2.24) is 9.78 Å². The number of aliphatic hydroxyl groups is 1. The molecule has 0 radical (unpaired) electrons. The van der Waals surface area contributed by atoms with Gasteiger partial charge in [0.2, 0.25) is 0 Å². The summed E-state index contributed by atoms with van der Waals surface area (Å²) in [5.74, 6) is 0. The quantitative estimate of drug-likeness (QED) is 0.700. The zero-order valence-electron chi connectivity index (χ0n) is 6.99. The van der Waals surface area contributed by atoms with Gasteiger partial charge in [-0.2, -0.15) is 5.10 Å². The summed E-state index contributed by atoms with van der Waals surface area (Å²) in [6, 6.07) is 1.94. The number of rotatable bonds is 3. The lowest BCUT2D eigenvalue weighted by atomic mass is 10.2. The van der Waals surface area contributed by atoms with Crippen molar-refractivity contribution in [2.45, 2.75) is 32.9 Å². The first kappa shape index (κ1) is 8.27. The molecule has 1 heterocycles. The summed E-state index contributed by atoms with van der Waals surface area (Å²) in [7, 11) is 0. The average Bonchev–Trinajstić information content (AvgIpc) is 2.34. The topological polar surface area (TPSA) is 38.0 Å². The molecular weight excluding hydrogens is 140 g/mol. The smallest absolute Gasteiger partial charge is 0.0567 e. The molecule has 0 saturated carbocycles. The Morgan fingerprint density at radius 2 is 2.45 bits per heavy atom. The number of aromatic nitrogens is 2. The van der Waals surface area contributed by atoms with Crippen LogP contribution in [-0.4, -0.2) is 21.0 Å². The van der Waals surface area contributed by atoms with Crippen LogP contribution in [0.25, 0.3) is 0 Å². The molecular formula is C8H14N2O. The van der Waals surface area contributed by atoms with E-state index in [0.717, 1.165) is 12.2 Å². The van der Waals surface area contributed by atoms with Gasteiger partial charge >= 0.3 is 0 Å². The predicted molar refractivity (Wildman–Crippen MR) is 43.3 cm³/mol.